The number of carbonyl (C=O) groups is 1. The Hall–Kier alpha value is -3.74. The molecule has 4 heterocycles. The van der Waals surface area contributed by atoms with E-state index in [9.17, 15) is 18.0 Å². The first-order valence-corrected chi connectivity index (χ1v) is 13.8. The number of thiazole rings is 1. The fourth-order valence-corrected chi connectivity index (χ4v) is 5.91. The molecule has 1 aromatic carbocycles. The predicted molar refractivity (Wildman–Crippen MR) is 143 cm³/mol. The summed E-state index contributed by atoms with van der Waals surface area (Å²) in [7, 11) is 0. The SMILES string of the molecule is C/C=N/OCC1(c2ccccc2)CC(c2csc(C3CCN(C(=O)Cn4nc(C(F)(F)F)cc4C)CC3)n2)=NO1. The molecule has 0 bridgehead atoms. The number of piperidine rings is 1. The van der Waals surface area contributed by atoms with E-state index in [1.165, 1.54) is 6.92 Å². The number of amides is 1. The number of likely N-dealkylation sites (tertiary alicyclic amines) is 1. The Labute approximate surface area is 233 Å². The van der Waals surface area contributed by atoms with Crippen molar-refractivity contribution in [2.75, 3.05) is 19.7 Å². The van der Waals surface area contributed by atoms with E-state index in [2.05, 4.69) is 15.4 Å². The number of benzene rings is 1. The molecule has 3 aromatic rings. The summed E-state index contributed by atoms with van der Waals surface area (Å²) in [6.07, 6.45) is -1.06. The predicted octanol–water partition coefficient (Wildman–Crippen LogP) is 5.12. The van der Waals surface area contributed by atoms with Crippen molar-refractivity contribution in [3.63, 3.8) is 0 Å². The lowest BCUT2D eigenvalue weighted by molar-refractivity contribution is -0.142. The minimum absolute atomic E-state index is 0.176. The second-order valence-electron chi connectivity index (χ2n) is 9.86. The van der Waals surface area contributed by atoms with E-state index in [0.717, 1.165) is 32.7 Å². The van der Waals surface area contributed by atoms with Gasteiger partial charge in [0.05, 0.1) is 10.7 Å². The number of carbonyl (C=O) groups excluding carboxylic acids is 1. The van der Waals surface area contributed by atoms with Crippen LogP contribution in [0.25, 0.3) is 0 Å². The molecule has 2 aliphatic rings. The Balaban J connectivity index is 1.19. The molecule has 9 nitrogen and oxygen atoms in total. The summed E-state index contributed by atoms with van der Waals surface area (Å²) in [5.41, 5.74) is 0.932. The summed E-state index contributed by atoms with van der Waals surface area (Å²) < 4.78 is 40.0. The van der Waals surface area contributed by atoms with E-state index >= 15 is 0 Å². The highest BCUT2D eigenvalue weighted by Gasteiger charge is 2.43. The van der Waals surface area contributed by atoms with Crippen LogP contribution in [0.4, 0.5) is 13.2 Å². The van der Waals surface area contributed by atoms with Crippen LogP contribution in [0.15, 0.2) is 52.1 Å². The van der Waals surface area contributed by atoms with E-state index in [4.69, 9.17) is 14.7 Å². The van der Waals surface area contributed by atoms with Gasteiger partial charge in [-0.25, -0.2) is 4.98 Å². The Morgan fingerprint density at radius 2 is 2.02 bits per heavy atom. The molecule has 40 heavy (non-hydrogen) atoms. The number of hydrogen-bond acceptors (Lipinski definition) is 8. The second kappa shape index (κ2) is 11.4. The molecular weight excluding hydrogens is 545 g/mol. The lowest BCUT2D eigenvalue weighted by Gasteiger charge is -2.31. The summed E-state index contributed by atoms with van der Waals surface area (Å²) in [4.78, 5) is 30.8. The molecule has 2 aliphatic heterocycles. The molecule has 1 fully saturated rings. The van der Waals surface area contributed by atoms with Gasteiger partial charge in [-0.2, -0.15) is 18.3 Å². The molecule has 1 saturated heterocycles. The van der Waals surface area contributed by atoms with Gasteiger partial charge in [0.2, 0.25) is 11.5 Å². The van der Waals surface area contributed by atoms with E-state index in [1.807, 2.05) is 35.7 Å². The van der Waals surface area contributed by atoms with Gasteiger partial charge in [-0.05, 0) is 32.8 Å². The normalized spacial score (nSPS) is 20.1. The average molecular weight is 575 g/mol. The molecule has 2 aromatic heterocycles. The highest BCUT2D eigenvalue weighted by Crippen LogP contribution is 2.38. The minimum Gasteiger partial charge on any atom is -0.391 e. The van der Waals surface area contributed by atoms with E-state index in [-0.39, 0.29) is 25.0 Å². The summed E-state index contributed by atoms with van der Waals surface area (Å²) in [6.45, 7) is 4.27. The van der Waals surface area contributed by atoms with Crippen molar-refractivity contribution in [1.82, 2.24) is 19.7 Å². The number of alkyl halides is 3. The number of aromatic nitrogens is 3. The van der Waals surface area contributed by atoms with Crippen LogP contribution in [0.2, 0.25) is 0 Å². The molecule has 0 N–H and O–H groups in total. The van der Waals surface area contributed by atoms with Crippen LogP contribution in [-0.2, 0) is 32.8 Å². The van der Waals surface area contributed by atoms with E-state index in [0.29, 0.717) is 38.0 Å². The van der Waals surface area contributed by atoms with Crippen LogP contribution in [0.1, 0.15) is 59.8 Å². The van der Waals surface area contributed by atoms with E-state index in [1.54, 1.807) is 29.4 Å². The van der Waals surface area contributed by atoms with Gasteiger partial charge < -0.3 is 14.6 Å². The first kappa shape index (κ1) is 27.8. The largest absolute Gasteiger partial charge is 0.435 e. The van der Waals surface area contributed by atoms with Gasteiger partial charge in [-0.15, -0.1) is 11.3 Å². The van der Waals surface area contributed by atoms with Crippen molar-refractivity contribution in [1.29, 1.82) is 0 Å². The van der Waals surface area contributed by atoms with Crippen molar-refractivity contribution >= 4 is 29.2 Å². The molecule has 212 valence electrons. The van der Waals surface area contributed by atoms with Gasteiger partial charge in [-0.3, -0.25) is 9.48 Å². The molecule has 0 radical (unpaired) electrons. The first-order valence-electron chi connectivity index (χ1n) is 12.9. The fraction of sp³-hybridized carbons (Fsp3) is 0.444. The molecule has 0 spiro atoms. The first-order chi connectivity index (χ1) is 19.2. The minimum atomic E-state index is -4.54. The maximum absolute atomic E-state index is 13.0. The number of aryl methyl sites for hydroxylation is 1. The Kier molecular flexibility index (Phi) is 7.92. The van der Waals surface area contributed by atoms with Crippen molar-refractivity contribution in [2.45, 2.75) is 57.3 Å². The molecule has 5 rings (SSSR count). The quantitative estimate of drug-likeness (QED) is 0.275. The third-order valence-electron chi connectivity index (χ3n) is 7.13. The molecule has 0 aliphatic carbocycles. The van der Waals surface area contributed by atoms with Crippen LogP contribution in [0.3, 0.4) is 0 Å². The lowest BCUT2D eigenvalue weighted by Crippen LogP contribution is -2.40. The fourth-order valence-electron chi connectivity index (χ4n) is 4.91. The summed E-state index contributed by atoms with van der Waals surface area (Å²) in [5, 5.41) is 14.8. The second-order valence-corrected chi connectivity index (χ2v) is 10.7. The third-order valence-corrected chi connectivity index (χ3v) is 8.14. The molecule has 1 amide bonds. The molecule has 0 saturated carbocycles. The zero-order valence-electron chi connectivity index (χ0n) is 22.1. The summed E-state index contributed by atoms with van der Waals surface area (Å²) >= 11 is 1.55. The van der Waals surface area contributed by atoms with Crippen LogP contribution in [0.5, 0.6) is 0 Å². The Bertz CT molecular complexity index is 1400. The van der Waals surface area contributed by atoms with E-state index < -0.39 is 17.5 Å². The van der Waals surface area contributed by atoms with Crippen LogP contribution >= 0.6 is 11.3 Å². The van der Waals surface area contributed by atoms with Gasteiger partial charge in [0.25, 0.3) is 0 Å². The van der Waals surface area contributed by atoms with Crippen molar-refractivity contribution < 1.29 is 27.6 Å². The number of rotatable bonds is 8. The van der Waals surface area contributed by atoms with Gasteiger partial charge in [0.15, 0.2) is 12.3 Å². The van der Waals surface area contributed by atoms with Crippen molar-refractivity contribution in [2.24, 2.45) is 10.3 Å². The number of halogens is 3. The van der Waals surface area contributed by atoms with Crippen LogP contribution in [-0.4, -0.2) is 57.2 Å². The Morgan fingerprint density at radius 3 is 2.70 bits per heavy atom. The van der Waals surface area contributed by atoms with Crippen molar-refractivity contribution in [3.05, 3.63) is 69.4 Å². The van der Waals surface area contributed by atoms with Gasteiger partial charge in [0.1, 0.15) is 12.3 Å². The molecule has 1 atom stereocenters. The number of oxime groups is 2. The lowest BCUT2D eigenvalue weighted by atomic mass is 9.89. The molecule has 13 heteroatoms. The average Bonchev–Trinajstić information content (AvgIpc) is 3.69. The Morgan fingerprint density at radius 1 is 1.27 bits per heavy atom. The molecule has 1 unspecified atom stereocenters. The maximum atomic E-state index is 13.0. The standard InChI is InChI=1S/C27H29F3N6O3S/c1-3-31-38-17-26(20-7-5-4-6-8-20)14-21(34-39-26)22-16-40-25(32-22)19-9-11-35(12-10-19)24(37)15-36-18(2)13-23(33-36)27(28,29)30/h3-8,13,16,19H,9-12,14-15,17H2,1-2H3/b31-3+. The van der Waals surface area contributed by atoms with Gasteiger partial charge in [-0.1, -0.05) is 40.6 Å². The van der Waals surface area contributed by atoms with Gasteiger partial charge >= 0.3 is 6.18 Å². The zero-order valence-corrected chi connectivity index (χ0v) is 22.9. The summed E-state index contributed by atoms with van der Waals surface area (Å²) in [5.74, 6) is -0.0716. The van der Waals surface area contributed by atoms with Crippen LogP contribution in [0, 0.1) is 6.92 Å². The van der Waals surface area contributed by atoms with Crippen LogP contribution < -0.4 is 0 Å². The number of nitrogens with zero attached hydrogens (tertiary/aromatic N) is 6. The monoisotopic (exact) mass is 574 g/mol. The maximum Gasteiger partial charge on any atom is 0.435 e. The third kappa shape index (κ3) is 5.88. The van der Waals surface area contributed by atoms with Gasteiger partial charge in [0, 0.05) is 48.3 Å². The smallest absolute Gasteiger partial charge is 0.391 e. The number of hydrogen-bond donors (Lipinski definition) is 0. The molecular formula is C27H29F3N6O3S. The summed E-state index contributed by atoms with van der Waals surface area (Å²) in [6, 6.07) is 10.7. The zero-order chi connectivity index (χ0) is 28.3. The highest BCUT2D eigenvalue weighted by atomic mass is 32.1. The topological polar surface area (TPSA) is 94.2 Å². The highest BCUT2D eigenvalue weighted by molar-refractivity contribution is 7.10. The van der Waals surface area contributed by atoms with Crippen molar-refractivity contribution in [3.8, 4) is 0 Å².